The smallest absolute Gasteiger partial charge is 0.329 e. The molecule has 0 bridgehead atoms. The number of carbonyl (C=O) groups is 2. The number of carboxylic acid groups (broad SMARTS) is 1. The Hall–Kier alpha value is -2.12. The van der Waals surface area contributed by atoms with Gasteiger partial charge in [0, 0.05) is 6.54 Å². The fraction of sp³-hybridized carbons (Fsp3) is 0.600. The number of likely N-dealkylation sites (tertiary alicyclic amines) is 1. The molecule has 1 aromatic heterocycles. The van der Waals surface area contributed by atoms with Crippen molar-refractivity contribution in [3.05, 3.63) is 5.69 Å². The number of hydrogen-bond acceptors (Lipinski definition) is 6. The van der Waals surface area contributed by atoms with Crippen LogP contribution in [0.3, 0.4) is 0 Å². The zero-order chi connectivity index (χ0) is 13.3. The first-order valence-corrected chi connectivity index (χ1v) is 5.66. The summed E-state index contributed by atoms with van der Waals surface area (Å²) in [5, 5.41) is 16.1. The number of aliphatic carboxylic acids is 1. The Morgan fingerprint density at radius 1 is 1.56 bits per heavy atom. The first-order valence-electron chi connectivity index (χ1n) is 5.66. The summed E-state index contributed by atoms with van der Waals surface area (Å²) in [6, 6.07) is 0. The van der Waals surface area contributed by atoms with Gasteiger partial charge in [-0.1, -0.05) is 6.92 Å². The molecule has 1 aliphatic rings. The molecule has 2 heterocycles. The van der Waals surface area contributed by atoms with Crippen LogP contribution in [0.15, 0.2) is 4.63 Å². The van der Waals surface area contributed by atoms with E-state index in [0.717, 1.165) is 0 Å². The number of rotatable bonds is 3. The van der Waals surface area contributed by atoms with Gasteiger partial charge in [-0.25, -0.2) is 9.42 Å². The van der Waals surface area contributed by atoms with E-state index in [1.54, 1.807) is 6.92 Å². The summed E-state index contributed by atoms with van der Waals surface area (Å²) in [4.78, 5) is 25.0. The maximum Gasteiger partial charge on any atom is 0.329 e. The van der Waals surface area contributed by atoms with Crippen molar-refractivity contribution in [2.24, 2.45) is 0 Å². The second-order valence-electron chi connectivity index (χ2n) is 4.25. The lowest BCUT2D eigenvalue weighted by Crippen LogP contribution is -2.52. The van der Waals surface area contributed by atoms with Gasteiger partial charge in [-0.05, 0) is 29.6 Å². The van der Waals surface area contributed by atoms with Gasteiger partial charge in [0.25, 0.3) is 5.91 Å². The summed E-state index contributed by atoms with van der Waals surface area (Å²) in [6.07, 6.45) is 1.39. The summed E-state index contributed by atoms with van der Waals surface area (Å²) in [6.45, 7) is 2.11. The number of hydrogen-bond donors (Lipinski definition) is 2. The highest BCUT2D eigenvalue weighted by atomic mass is 16.6. The minimum atomic E-state index is -1.18. The second-order valence-corrected chi connectivity index (χ2v) is 4.25. The van der Waals surface area contributed by atoms with E-state index >= 15 is 0 Å². The molecular formula is C10H14N4O4. The highest BCUT2D eigenvalue weighted by Crippen LogP contribution is 2.34. The topological polar surface area (TPSA) is 123 Å². The molecule has 1 atom stereocenters. The molecule has 18 heavy (non-hydrogen) atoms. The highest BCUT2D eigenvalue weighted by molar-refractivity contribution is 5.99. The number of carbonyl (C=O) groups excluding carboxylic acids is 1. The fourth-order valence-electron chi connectivity index (χ4n) is 2.39. The molecule has 3 N–H and O–H groups in total. The molecule has 1 saturated heterocycles. The van der Waals surface area contributed by atoms with Gasteiger partial charge in [-0.15, -0.1) is 0 Å². The summed E-state index contributed by atoms with van der Waals surface area (Å²) < 4.78 is 4.37. The third-order valence-electron chi connectivity index (χ3n) is 3.43. The number of amides is 1. The number of nitrogen functional groups attached to an aromatic ring is 1. The van der Waals surface area contributed by atoms with E-state index in [4.69, 9.17) is 5.73 Å². The molecule has 0 saturated carbocycles. The molecule has 1 aliphatic heterocycles. The van der Waals surface area contributed by atoms with Crippen LogP contribution in [-0.4, -0.2) is 44.3 Å². The van der Waals surface area contributed by atoms with Crippen molar-refractivity contribution in [2.45, 2.75) is 31.7 Å². The van der Waals surface area contributed by atoms with Gasteiger partial charge in [0.15, 0.2) is 0 Å². The Balaban J connectivity index is 2.35. The van der Waals surface area contributed by atoms with Crippen LogP contribution in [-0.2, 0) is 4.79 Å². The molecule has 1 aromatic rings. The summed E-state index contributed by atoms with van der Waals surface area (Å²) in [5.41, 5.74) is 4.15. The average Bonchev–Trinajstić information content (AvgIpc) is 2.94. The van der Waals surface area contributed by atoms with Crippen molar-refractivity contribution >= 4 is 17.7 Å². The van der Waals surface area contributed by atoms with Gasteiger partial charge in [0.1, 0.15) is 5.54 Å². The van der Waals surface area contributed by atoms with Crippen molar-refractivity contribution in [3.63, 3.8) is 0 Å². The molecule has 1 fully saturated rings. The number of nitrogens with two attached hydrogens (primary N) is 1. The average molecular weight is 254 g/mol. The van der Waals surface area contributed by atoms with Crippen LogP contribution < -0.4 is 5.73 Å². The van der Waals surface area contributed by atoms with Crippen molar-refractivity contribution < 1.29 is 19.3 Å². The Bertz CT molecular complexity index is 486. The molecule has 2 rings (SSSR count). The second kappa shape index (κ2) is 4.28. The molecule has 0 aliphatic carbocycles. The molecular weight excluding hydrogens is 240 g/mol. The Morgan fingerprint density at radius 2 is 2.28 bits per heavy atom. The van der Waals surface area contributed by atoms with E-state index in [1.165, 1.54) is 4.90 Å². The minimum absolute atomic E-state index is 0.123. The molecule has 0 radical (unpaired) electrons. The predicted molar refractivity (Wildman–Crippen MR) is 59.6 cm³/mol. The molecule has 98 valence electrons. The predicted octanol–water partition coefficient (Wildman–Crippen LogP) is 0.121. The minimum Gasteiger partial charge on any atom is -0.479 e. The number of anilines is 1. The van der Waals surface area contributed by atoms with Crippen molar-refractivity contribution in [1.29, 1.82) is 0 Å². The van der Waals surface area contributed by atoms with Crippen molar-refractivity contribution in [2.75, 3.05) is 12.3 Å². The number of carboxylic acids is 1. The fourth-order valence-corrected chi connectivity index (χ4v) is 2.39. The third kappa shape index (κ3) is 1.60. The largest absolute Gasteiger partial charge is 0.479 e. The van der Waals surface area contributed by atoms with E-state index in [0.29, 0.717) is 25.8 Å². The monoisotopic (exact) mass is 254 g/mol. The van der Waals surface area contributed by atoms with Crippen LogP contribution in [0.2, 0.25) is 0 Å². The quantitative estimate of drug-likeness (QED) is 0.785. The number of aromatic nitrogens is 2. The normalized spacial score (nSPS) is 23.3. The molecule has 8 nitrogen and oxygen atoms in total. The molecule has 0 aromatic carbocycles. The molecule has 8 heteroatoms. The van der Waals surface area contributed by atoms with Crippen LogP contribution in [0.4, 0.5) is 5.82 Å². The highest BCUT2D eigenvalue weighted by Gasteiger charge is 2.49. The van der Waals surface area contributed by atoms with Crippen LogP contribution in [0, 0.1) is 0 Å². The maximum absolute atomic E-state index is 12.2. The standard InChI is InChI=1S/C10H14N4O4/c1-2-10(9(16)17)4-3-5-14(10)8(15)6-7(11)13-18-12-6/h2-5H2,1H3,(H2,11,13)(H,16,17). The van der Waals surface area contributed by atoms with Gasteiger partial charge >= 0.3 is 5.97 Å². The third-order valence-corrected chi connectivity index (χ3v) is 3.43. The summed E-state index contributed by atoms with van der Waals surface area (Å²) in [5.74, 6) is -1.68. The zero-order valence-electron chi connectivity index (χ0n) is 9.92. The summed E-state index contributed by atoms with van der Waals surface area (Å²) in [7, 11) is 0. The van der Waals surface area contributed by atoms with Gasteiger partial charge < -0.3 is 15.7 Å². The van der Waals surface area contributed by atoms with E-state index in [1.807, 2.05) is 0 Å². The van der Waals surface area contributed by atoms with Gasteiger partial charge in [0.05, 0.1) is 0 Å². The SMILES string of the molecule is CCC1(C(=O)O)CCCN1C(=O)c1nonc1N. The lowest BCUT2D eigenvalue weighted by molar-refractivity contribution is -0.148. The van der Waals surface area contributed by atoms with Crippen LogP contribution in [0.25, 0.3) is 0 Å². The van der Waals surface area contributed by atoms with Crippen LogP contribution in [0.5, 0.6) is 0 Å². The van der Waals surface area contributed by atoms with Crippen LogP contribution in [0.1, 0.15) is 36.7 Å². The lowest BCUT2D eigenvalue weighted by atomic mass is 9.93. The zero-order valence-corrected chi connectivity index (χ0v) is 9.92. The first kappa shape index (κ1) is 12.3. The van der Waals surface area contributed by atoms with E-state index in [-0.39, 0.29) is 11.5 Å². The lowest BCUT2D eigenvalue weighted by Gasteiger charge is -2.33. The Labute approximate surface area is 103 Å². The van der Waals surface area contributed by atoms with Gasteiger partial charge in [-0.3, -0.25) is 4.79 Å². The van der Waals surface area contributed by atoms with Crippen molar-refractivity contribution in [3.8, 4) is 0 Å². The summed E-state index contributed by atoms with van der Waals surface area (Å²) >= 11 is 0. The van der Waals surface area contributed by atoms with Crippen molar-refractivity contribution in [1.82, 2.24) is 15.2 Å². The van der Waals surface area contributed by atoms with E-state index in [9.17, 15) is 14.7 Å². The van der Waals surface area contributed by atoms with E-state index < -0.39 is 17.4 Å². The van der Waals surface area contributed by atoms with E-state index in [2.05, 4.69) is 14.9 Å². The Kier molecular flexibility index (Phi) is 2.93. The van der Waals surface area contributed by atoms with Gasteiger partial charge in [0.2, 0.25) is 11.5 Å². The molecule has 0 spiro atoms. The maximum atomic E-state index is 12.2. The molecule has 1 amide bonds. The first-order chi connectivity index (χ1) is 8.53. The molecule has 1 unspecified atom stereocenters. The Morgan fingerprint density at radius 3 is 2.78 bits per heavy atom. The van der Waals surface area contributed by atoms with Gasteiger partial charge in [-0.2, -0.15) is 0 Å². The number of nitrogens with zero attached hydrogens (tertiary/aromatic N) is 3. The van der Waals surface area contributed by atoms with Crippen LogP contribution >= 0.6 is 0 Å².